The van der Waals surface area contributed by atoms with Gasteiger partial charge in [-0.3, -0.25) is 0 Å². The predicted molar refractivity (Wildman–Crippen MR) is 92.1 cm³/mol. The summed E-state index contributed by atoms with van der Waals surface area (Å²) < 4.78 is 7.00. The maximum Gasteiger partial charge on any atom is 0.140 e. The summed E-state index contributed by atoms with van der Waals surface area (Å²) in [4.78, 5) is 4.66. The van der Waals surface area contributed by atoms with Gasteiger partial charge in [0.1, 0.15) is 17.4 Å². The molecule has 1 N–H and O–H groups in total. The molecule has 0 aliphatic carbocycles. The number of rotatable bonds is 5. The molecular weight excluding hydrogens is 348 g/mol. The molecule has 0 radical (unpaired) electrons. The fraction of sp³-hybridized carbons (Fsp3) is 0.438. The molecule has 0 amide bonds. The van der Waals surface area contributed by atoms with Crippen molar-refractivity contribution >= 4 is 27.3 Å². The van der Waals surface area contributed by atoms with Crippen LogP contribution in [0.2, 0.25) is 0 Å². The average molecular weight is 369 g/mol. The first-order chi connectivity index (χ1) is 9.90. The summed E-state index contributed by atoms with van der Waals surface area (Å²) in [5.74, 6) is 0.903. The molecular formula is C16H21BrN2OS. The fourth-order valence-electron chi connectivity index (χ4n) is 1.88. The molecule has 0 spiro atoms. The van der Waals surface area contributed by atoms with Gasteiger partial charge in [0, 0.05) is 27.4 Å². The van der Waals surface area contributed by atoms with Gasteiger partial charge in [0.05, 0.1) is 5.69 Å². The molecule has 1 heterocycles. The Kier molecular flexibility index (Phi) is 5.41. The molecule has 114 valence electrons. The second kappa shape index (κ2) is 6.90. The highest BCUT2D eigenvalue weighted by molar-refractivity contribution is 9.10. The Morgan fingerprint density at radius 1 is 1.33 bits per heavy atom. The number of thiazole rings is 1. The molecule has 0 fully saturated rings. The SMILES string of the molecule is CNCc1cc(Br)ccc1OCc1nc(C(C)(C)C)cs1. The second-order valence-electron chi connectivity index (χ2n) is 5.95. The molecule has 0 saturated carbocycles. The van der Waals surface area contributed by atoms with Gasteiger partial charge in [0.25, 0.3) is 0 Å². The molecule has 0 saturated heterocycles. The molecule has 0 bridgehead atoms. The summed E-state index contributed by atoms with van der Waals surface area (Å²) in [6, 6.07) is 6.07. The van der Waals surface area contributed by atoms with E-state index < -0.39 is 0 Å². The highest BCUT2D eigenvalue weighted by Crippen LogP contribution is 2.27. The van der Waals surface area contributed by atoms with Gasteiger partial charge in [-0.15, -0.1) is 11.3 Å². The number of nitrogens with one attached hydrogen (secondary N) is 1. The van der Waals surface area contributed by atoms with Gasteiger partial charge in [-0.1, -0.05) is 36.7 Å². The Hall–Kier alpha value is -0.910. The van der Waals surface area contributed by atoms with Crippen molar-refractivity contribution in [2.24, 2.45) is 0 Å². The molecule has 21 heavy (non-hydrogen) atoms. The van der Waals surface area contributed by atoms with E-state index in [-0.39, 0.29) is 5.41 Å². The first kappa shape index (κ1) is 16.5. The predicted octanol–water partition coefficient (Wildman–Crippen LogP) is 4.50. The van der Waals surface area contributed by atoms with E-state index in [0.717, 1.165) is 33.0 Å². The van der Waals surface area contributed by atoms with Crippen LogP contribution >= 0.6 is 27.3 Å². The lowest BCUT2D eigenvalue weighted by Gasteiger charge is -2.14. The van der Waals surface area contributed by atoms with Crippen molar-refractivity contribution in [3.63, 3.8) is 0 Å². The third-order valence-electron chi connectivity index (χ3n) is 3.06. The lowest BCUT2D eigenvalue weighted by Crippen LogP contribution is -2.12. The smallest absolute Gasteiger partial charge is 0.140 e. The van der Waals surface area contributed by atoms with Crippen molar-refractivity contribution in [1.82, 2.24) is 10.3 Å². The summed E-state index contributed by atoms with van der Waals surface area (Å²) >= 11 is 5.15. The van der Waals surface area contributed by atoms with Crippen LogP contribution in [-0.4, -0.2) is 12.0 Å². The minimum Gasteiger partial charge on any atom is -0.486 e. The highest BCUT2D eigenvalue weighted by Gasteiger charge is 2.17. The minimum atomic E-state index is 0.0870. The van der Waals surface area contributed by atoms with E-state index in [1.807, 2.05) is 19.2 Å². The maximum atomic E-state index is 5.94. The van der Waals surface area contributed by atoms with E-state index in [1.54, 1.807) is 11.3 Å². The van der Waals surface area contributed by atoms with Gasteiger partial charge in [-0.2, -0.15) is 0 Å². The van der Waals surface area contributed by atoms with Crippen molar-refractivity contribution in [2.75, 3.05) is 7.05 Å². The number of aromatic nitrogens is 1. The van der Waals surface area contributed by atoms with Crippen molar-refractivity contribution in [3.8, 4) is 5.75 Å². The van der Waals surface area contributed by atoms with Crippen LogP contribution in [0.5, 0.6) is 5.75 Å². The topological polar surface area (TPSA) is 34.1 Å². The van der Waals surface area contributed by atoms with Crippen LogP contribution in [0.4, 0.5) is 0 Å². The van der Waals surface area contributed by atoms with Gasteiger partial charge in [-0.25, -0.2) is 4.98 Å². The van der Waals surface area contributed by atoms with E-state index in [0.29, 0.717) is 6.61 Å². The standard InChI is InChI=1S/C16H21BrN2OS/c1-16(2,3)14-10-21-15(19-14)9-20-13-6-5-12(17)7-11(13)8-18-4/h5-7,10,18H,8-9H2,1-4H3. The number of ether oxygens (including phenoxy) is 1. The lowest BCUT2D eigenvalue weighted by molar-refractivity contribution is 0.301. The lowest BCUT2D eigenvalue weighted by atomic mass is 9.93. The number of hydrogen-bond donors (Lipinski definition) is 1. The van der Waals surface area contributed by atoms with Gasteiger partial charge in [0.15, 0.2) is 0 Å². The summed E-state index contributed by atoms with van der Waals surface area (Å²) in [6.07, 6.45) is 0. The molecule has 0 unspecified atom stereocenters. The quantitative estimate of drug-likeness (QED) is 0.843. The van der Waals surface area contributed by atoms with Gasteiger partial charge < -0.3 is 10.1 Å². The number of nitrogens with zero attached hydrogens (tertiary/aromatic N) is 1. The van der Waals surface area contributed by atoms with Gasteiger partial charge >= 0.3 is 0 Å². The molecule has 0 aliphatic rings. The zero-order valence-electron chi connectivity index (χ0n) is 12.9. The molecule has 1 aromatic heterocycles. The Morgan fingerprint density at radius 2 is 2.10 bits per heavy atom. The van der Waals surface area contributed by atoms with Crippen LogP contribution in [0.15, 0.2) is 28.1 Å². The number of benzene rings is 1. The summed E-state index contributed by atoms with van der Waals surface area (Å²) in [5, 5.41) is 6.29. The Morgan fingerprint density at radius 3 is 2.71 bits per heavy atom. The molecule has 1 aromatic carbocycles. The van der Waals surface area contributed by atoms with Crippen LogP contribution in [-0.2, 0) is 18.6 Å². The van der Waals surface area contributed by atoms with Crippen LogP contribution < -0.4 is 10.1 Å². The van der Waals surface area contributed by atoms with Crippen molar-refractivity contribution in [3.05, 3.63) is 44.3 Å². The molecule has 2 rings (SSSR count). The average Bonchev–Trinajstić information content (AvgIpc) is 2.87. The van der Waals surface area contributed by atoms with E-state index in [1.165, 1.54) is 0 Å². The monoisotopic (exact) mass is 368 g/mol. The third-order valence-corrected chi connectivity index (χ3v) is 4.38. The van der Waals surface area contributed by atoms with Crippen LogP contribution in [0.25, 0.3) is 0 Å². The fourth-order valence-corrected chi connectivity index (χ4v) is 3.22. The highest BCUT2D eigenvalue weighted by atomic mass is 79.9. The van der Waals surface area contributed by atoms with Crippen molar-refractivity contribution in [2.45, 2.75) is 39.3 Å². The van der Waals surface area contributed by atoms with E-state index in [9.17, 15) is 0 Å². The Labute approximate surface area is 138 Å². The Balaban J connectivity index is 2.08. The van der Waals surface area contributed by atoms with E-state index in [2.05, 4.69) is 58.4 Å². The molecule has 0 aliphatic heterocycles. The summed E-state index contributed by atoms with van der Waals surface area (Å²) in [5.41, 5.74) is 2.35. The van der Waals surface area contributed by atoms with E-state index in [4.69, 9.17) is 4.74 Å². The van der Waals surface area contributed by atoms with Crippen molar-refractivity contribution in [1.29, 1.82) is 0 Å². The third kappa shape index (κ3) is 4.53. The first-order valence-corrected chi connectivity index (χ1v) is 8.58. The number of halogens is 1. The summed E-state index contributed by atoms with van der Waals surface area (Å²) in [6.45, 7) is 7.81. The van der Waals surface area contributed by atoms with E-state index >= 15 is 0 Å². The number of hydrogen-bond acceptors (Lipinski definition) is 4. The zero-order valence-corrected chi connectivity index (χ0v) is 15.3. The van der Waals surface area contributed by atoms with Crippen molar-refractivity contribution < 1.29 is 4.74 Å². The van der Waals surface area contributed by atoms with Gasteiger partial charge in [0.2, 0.25) is 0 Å². The normalized spacial score (nSPS) is 11.7. The Bertz CT molecular complexity index is 605. The zero-order chi connectivity index (χ0) is 15.5. The van der Waals surface area contributed by atoms with Crippen LogP contribution in [0.3, 0.4) is 0 Å². The minimum absolute atomic E-state index is 0.0870. The molecule has 5 heteroatoms. The van der Waals surface area contributed by atoms with Gasteiger partial charge in [-0.05, 0) is 25.2 Å². The second-order valence-corrected chi connectivity index (χ2v) is 7.81. The largest absolute Gasteiger partial charge is 0.486 e. The molecule has 0 atom stereocenters. The molecule has 2 aromatic rings. The summed E-state index contributed by atoms with van der Waals surface area (Å²) in [7, 11) is 1.93. The van der Waals surface area contributed by atoms with Crippen LogP contribution in [0.1, 0.15) is 37.0 Å². The van der Waals surface area contributed by atoms with Crippen LogP contribution in [0, 0.1) is 0 Å². The first-order valence-electron chi connectivity index (χ1n) is 6.91. The maximum absolute atomic E-state index is 5.94. The molecule has 3 nitrogen and oxygen atoms in total.